The zero-order valence-corrected chi connectivity index (χ0v) is 27.3. The molecule has 2 heterocycles. The lowest BCUT2D eigenvalue weighted by atomic mass is 9.89. The summed E-state index contributed by atoms with van der Waals surface area (Å²) in [6.07, 6.45) is 6.13. The smallest absolute Gasteiger partial charge is 0.256 e. The van der Waals surface area contributed by atoms with Crippen molar-refractivity contribution in [3.63, 3.8) is 0 Å². The second kappa shape index (κ2) is 14.9. The van der Waals surface area contributed by atoms with Crippen LogP contribution in [0.2, 0.25) is 0 Å². The minimum absolute atomic E-state index is 0.0240. The van der Waals surface area contributed by atoms with Crippen LogP contribution in [0, 0.1) is 5.41 Å². The van der Waals surface area contributed by atoms with Crippen molar-refractivity contribution in [2.45, 2.75) is 52.5 Å². The predicted octanol–water partition coefficient (Wildman–Crippen LogP) is 7.31. The molecule has 2 aliphatic rings. The van der Waals surface area contributed by atoms with Gasteiger partial charge in [-0.3, -0.25) is 9.79 Å². The van der Waals surface area contributed by atoms with Crippen LogP contribution in [0.25, 0.3) is 0 Å². The lowest BCUT2D eigenvalue weighted by Crippen LogP contribution is -2.35. The first-order chi connectivity index (χ1) is 21.6. The summed E-state index contributed by atoms with van der Waals surface area (Å²) in [5, 5.41) is 0. The van der Waals surface area contributed by atoms with Crippen molar-refractivity contribution in [2.24, 2.45) is 10.4 Å². The van der Waals surface area contributed by atoms with E-state index >= 15 is 0 Å². The number of benzene rings is 3. The fraction of sp³-hybridized carbons (Fsp3) is 0.429. The zero-order chi connectivity index (χ0) is 32.6. The Labute approximate surface area is 266 Å². The molecule has 1 fully saturated rings. The maximum absolute atomic E-state index is 12.5. The molecule has 2 N–H and O–H groups in total. The number of carbonyl (C=O) groups excluding carboxylic acids is 1. The second-order valence-electron chi connectivity index (χ2n) is 11.7. The van der Waals surface area contributed by atoms with Crippen LogP contribution < -0.4 is 34.2 Å². The molecule has 3 aromatic rings. The second-order valence-corrected chi connectivity index (χ2v) is 11.7. The van der Waals surface area contributed by atoms with Crippen LogP contribution in [-0.4, -0.2) is 64.7 Å². The highest BCUT2D eigenvalue weighted by molar-refractivity contribution is 6.03. The van der Waals surface area contributed by atoms with Crippen LogP contribution >= 0.6 is 0 Å². The maximum Gasteiger partial charge on any atom is 0.256 e. The number of carbonyl (C=O) groups is 1. The number of amides is 1. The van der Waals surface area contributed by atoms with Gasteiger partial charge in [-0.05, 0) is 55.0 Å². The van der Waals surface area contributed by atoms with Crippen molar-refractivity contribution in [3.05, 3.63) is 54.1 Å². The number of hydrogen-bond acceptors (Lipinski definition) is 9. The Bertz CT molecular complexity index is 1500. The molecule has 0 bridgehead atoms. The molecule has 45 heavy (non-hydrogen) atoms. The number of nitrogens with zero attached hydrogens (tertiary/aromatic N) is 2. The third-order valence-electron chi connectivity index (χ3n) is 7.80. The average Bonchev–Trinajstić information content (AvgIpc) is 3.47. The van der Waals surface area contributed by atoms with Gasteiger partial charge in [0.1, 0.15) is 11.5 Å². The Kier molecular flexibility index (Phi) is 11.0. The van der Waals surface area contributed by atoms with Gasteiger partial charge in [0.25, 0.3) is 5.91 Å². The highest BCUT2D eigenvalue weighted by Crippen LogP contribution is 2.38. The Morgan fingerprint density at radius 3 is 2.18 bits per heavy atom. The van der Waals surface area contributed by atoms with Crippen molar-refractivity contribution in [3.8, 4) is 40.2 Å². The number of aliphatic imine (C=N–C) groups is 1. The Morgan fingerprint density at radius 1 is 0.867 bits per heavy atom. The van der Waals surface area contributed by atoms with Crippen LogP contribution in [0.4, 0.5) is 11.4 Å². The number of nitrogen functional groups attached to an aromatic ring is 1. The number of fused-ring (bicyclic) bond motifs is 2. The van der Waals surface area contributed by atoms with Crippen molar-refractivity contribution in [2.75, 3.05) is 47.3 Å². The van der Waals surface area contributed by atoms with E-state index in [2.05, 4.69) is 25.8 Å². The predicted molar refractivity (Wildman–Crippen MR) is 176 cm³/mol. The number of hydrogen-bond donors (Lipinski definition) is 1. The molecule has 1 atom stereocenters. The fourth-order valence-corrected chi connectivity index (χ4v) is 5.41. The first-order valence-electron chi connectivity index (χ1n) is 15.2. The SMILES string of the molecule is CCCC(C)(C)COc1ccc(Oc2ccc(OC)c(OC)c2)c(N)c1.COc1cc2c(cc1OC)C(=O)N1CCCC1C=N2. The molecule has 242 valence electrons. The average molecular weight is 620 g/mol. The molecule has 0 aliphatic carbocycles. The Morgan fingerprint density at radius 2 is 1.51 bits per heavy atom. The van der Waals surface area contributed by atoms with Crippen LogP contribution in [0.15, 0.2) is 53.5 Å². The molecule has 1 amide bonds. The summed E-state index contributed by atoms with van der Waals surface area (Å²) in [4.78, 5) is 18.9. The molecule has 10 heteroatoms. The number of anilines is 1. The molecular formula is C35H45N3O7. The molecule has 0 saturated carbocycles. The number of nitrogens with two attached hydrogens (primary N) is 1. The number of methoxy groups -OCH3 is 4. The van der Waals surface area contributed by atoms with Crippen LogP contribution in [0.3, 0.4) is 0 Å². The van der Waals surface area contributed by atoms with Gasteiger partial charge in [0.2, 0.25) is 0 Å². The van der Waals surface area contributed by atoms with Crippen LogP contribution in [0.1, 0.15) is 56.8 Å². The largest absolute Gasteiger partial charge is 0.493 e. The van der Waals surface area contributed by atoms with Crippen molar-refractivity contribution in [1.29, 1.82) is 0 Å². The third-order valence-corrected chi connectivity index (χ3v) is 7.80. The lowest BCUT2D eigenvalue weighted by Gasteiger charge is -2.24. The van der Waals surface area contributed by atoms with Gasteiger partial charge in [-0.1, -0.05) is 27.2 Å². The number of rotatable bonds is 11. The van der Waals surface area contributed by atoms with Gasteiger partial charge in [0, 0.05) is 31.0 Å². The highest BCUT2D eigenvalue weighted by Gasteiger charge is 2.32. The van der Waals surface area contributed by atoms with Crippen LogP contribution in [0.5, 0.6) is 40.2 Å². The molecule has 0 radical (unpaired) electrons. The van der Waals surface area contributed by atoms with E-state index in [1.807, 2.05) is 23.2 Å². The fourth-order valence-electron chi connectivity index (χ4n) is 5.41. The van der Waals surface area contributed by atoms with Crippen LogP contribution in [-0.2, 0) is 0 Å². The Balaban J connectivity index is 0.000000214. The molecule has 5 rings (SSSR count). The van der Waals surface area contributed by atoms with E-state index in [-0.39, 0.29) is 17.4 Å². The molecule has 2 aliphatic heterocycles. The van der Waals surface area contributed by atoms with Crippen molar-refractivity contribution in [1.82, 2.24) is 4.90 Å². The van der Waals surface area contributed by atoms with Gasteiger partial charge < -0.3 is 39.1 Å². The lowest BCUT2D eigenvalue weighted by molar-refractivity contribution is 0.0774. The highest BCUT2D eigenvalue weighted by atomic mass is 16.5. The number of ether oxygens (including phenoxy) is 6. The minimum atomic E-state index is 0.0240. The monoisotopic (exact) mass is 619 g/mol. The summed E-state index contributed by atoms with van der Waals surface area (Å²) >= 11 is 0. The quantitative estimate of drug-likeness (QED) is 0.222. The van der Waals surface area contributed by atoms with E-state index in [0.29, 0.717) is 58.0 Å². The topological polar surface area (TPSA) is 114 Å². The van der Waals surface area contributed by atoms with Gasteiger partial charge in [-0.15, -0.1) is 0 Å². The molecule has 3 aromatic carbocycles. The van der Waals surface area contributed by atoms with Crippen molar-refractivity contribution < 1.29 is 33.2 Å². The van der Waals surface area contributed by atoms with Gasteiger partial charge in [0.05, 0.1) is 58.0 Å². The van der Waals surface area contributed by atoms with Crippen molar-refractivity contribution >= 4 is 23.5 Å². The molecule has 0 spiro atoms. The summed E-state index contributed by atoms with van der Waals surface area (Å²) in [5.41, 5.74) is 8.02. The minimum Gasteiger partial charge on any atom is -0.493 e. The van der Waals surface area contributed by atoms with Gasteiger partial charge in [-0.2, -0.15) is 0 Å². The van der Waals surface area contributed by atoms with E-state index in [1.165, 1.54) is 0 Å². The third kappa shape index (κ3) is 8.12. The van der Waals surface area contributed by atoms with E-state index in [9.17, 15) is 4.79 Å². The Hall–Kier alpha value is -4.60. The standard InChI is InChI=1S/C21H29NO4.C14H16N2O3/c1-6-11-21(2,3)14-25-15-7-9-18(17(22)12-15)26-16-8-10-19(23-4)20(13-16)24-5;1-18-12-6-10-11(7-13(12)19-2)15-8-9-4-3-5-16(9)14(10)17/h7-10,12-13H,6,11,14,22H2,1-5H3;6-9H,3-5H2,1-2H3. The van der Waals surface area contributed by atoms with E-state index in [0.717, 1.165) is 38.0 Å². The summed E-state index contributed by atoms with van der Waals surface area (Å²) in [5.74, 6) is 4.34. The summed E-state index contributed by atoms with van der Waals surface area (Å²) < 4.78 is 32.8. The maximum atomic E-state index is 12.5. The zero-order valence-electron chi connectivity index (χ0n) is 27.3. The summed E-state index contributed by atoms with van der Waals surface area (Å²) in [6.45, 7) is 8.03. The molecule has 1 saturated heterocycles. The molecule has 0 aromatic heterocycles. The van der Waals surface area contributed by atoms with E-state index < -0.39 is 0 Å². The molecule has 10 nitrogen and oxygen atoms in total. The summed E-state index contributed by atoms with van der Waals surface area (Å²) in [7, 11) is 6.32. The normalized spacial score (nSPS) is 15.2. The summed E-state index contributed by atoms with van der Waals surface area (Å²) in [6, 6.07) is 14.4. The first kappa shape index (κ1) is 33.3. The van der Waals surface area contributed by atoms with E-state index in [1.54, 1.807) is 64.8 Å². The molecule has 1 unspecified atom stereocenters. The van der Waals surface area contributed by atoms with E-state index in [4.69, 9.17) is 34.2 Å². The van der Waals surface area contributed by atoms with Gasteiger partial charge in [-0.25, -0.2) is 0 Å². The van der Waals surface area contributed by atoms with Gasteiger partial charge >= 0.3 is 0 Å². The van der Waals surface area contributed by atoms with Gasteiger partial charge in [0.15, 0.2) is 28.7 Å². The molecular weight excluding hydrogens is 574 g/mol. The first-order valence-corrected chi connectivity index (χ1v) is 15.2.